The van der Waals surface area contributed by atoms with Crippen LogP contribution in [0.1, 0.15) is 102 Å². The molecule has 2 aromatic rings. The predicted molar refractivity (Wildman–Crippen MR) is 183 cm³/mol. The maximum Gasteiger partial charge on any atom is 0.408 e. The van der Waals surface area contributed by atoms with Gasteiger partial charge in [0.2, 0.25) is 17.7 Å². The van der Waals surface area contributed by atoms with Crippen molar-refractivity contribution >= 4 is 29.8 Å². The fourth-order valence-electron chi connectivity index (χ4n) is 5.63. The SMILES string of the molecule is Cc1cc(C)cc(C(C(=O)NC(Cc2ccccc2)C(=O)OC(C)(C)C)N(C(=O)C(CCC(N)=O)NC(=O)OC(C)(C)C)C2CCC2)c1. The molecule has 3 atom stereocenters. The minimum atomic E-state index is -1.21. The molecule has 11 nitrogen and oxygen atoms in total. The van der Waals surface area contributed by atoms with Crippen LogP contribution in [0.15, 0.2) is 48.5 Å². The van der Waals surface area contributed by atoms with E-state index in [-0.39, 0.29) is 25.3 Å². The number of hydrogen-bond donors (Lipinski definition) is 3. The Morgan fingerprint density at radius 2 is 1.44 bits per heavy atom. The monoisotopic (exact) mass is 664 g/mol. The molecule has 4 N–H and O–H groups in total. The second kappa shape index (κ2) is 16.1. The Labute approximate surface area is 284 Å². The molecule has 0 saturated heterocycles. The van der Waals surface area contributed by atoms with Gasteiger partial charge in [-0.3, -0.25) is 14.4 Å². The lowest BCUT2D eigenvalue weighted by atomic mass is 9.87. The highest BCUT2D eigenvalue weighted by Crippen LogP contribution is 2.35. The first-order chi connectivity index (χ1) is 22.3. The number of rotatable bonds is 13. The van der Waals surface area contributed by atoms with Crippen molar-refractivity contribution < 1.29 is 33.4 Å². The summed E-state index contributed by atoms with van der Waals surface area (Å²) in [5.41, 5.74) is 6.94. The summed E-state index contributed by atoms with van der Waals surface area (Å²) in [5.74, 6) is -2.37. The summed E-state index contributed by atoms with van der Waals surface area (Å²) in [5, 5.41) is 5.56. The van der Waals surface area contributed by atoms with Crippen LogP contribution in [0.2, 0.25) is 0 Å². The second-order valence-electron chi connectivity index (χ2n) is 14.6. The number of esters is 1. The highest BCUT2D eigenvalue weighted by atomic mass is 16.6. The maximum atomic E-state index is 14.6. The minimum absolute atomic E-state index is 0.0909. The van der Waals surface area contributed by atoms with E-state index in [4.69, 9.17) is 15.2 Å². The molecule has 0 bridgehead atoms. The van der Waals surface area contributed by atoms with Crippen LogP contribution in [0.5, 0.6) is 0 Å². The third-order valence-corrected chi connectivity index (χ3v) is 7.77. The molecule has 3 rings (SSSR count). The Morgan fingerprint density at radius 1 is 0.854 bits per heavy atom. The van der Waals surface area contributed by atoms with E-state index in [1.807, 2.05) is 62.4 Å². The van der Waals surface area contributed by atoms with Gasteiger partial charge in [0.1, 0.15) is 29.3 Å². The molecular weight excluding hydrogens is 612 g/mol. The second-order valence-corrected chi connectivity index (χ2v) is 14.6. The first-order valence-electron chi connectivity index (χ1n) is 16.6. The summed E-state index contributed by atoms with van der Waals surface area (Å²) in [6, 6.07) is 11.2. The molecule has 1 fully saturated rings. The molecule has 0 radical (unpaired) electrons. The fraction of sp³-hybridized carbons (Fsp3) is 0.541. The predicted octanol–water partition coefficient (Wildman–Crippen LogP) is 4.95. The molecule has 1 aliphatic carbocycles. The topological polar surface area (TPSA) is 157 Å². The third-order valence-electron chi connectivity index (χ3n) is 7.77. The molecule has 1 saturated carbocycles. The largest absolute Gasteiger partial charge is 0.458 e. The third kappa shape index (κ3) is 11.7. The van der Waals surface area contributed by atoms with Crippen molar-refractivity contribution in [2.24, 2.45) is 5.73 Å². The molecule has 11 heteroatoms. The normalized spacial score (nSPS) is 15.2. The number of hydrogen-bond acceptors (Lipinski definition) is 7. The van der Waals surface area contributed by atoms with E-state index in [9.17, 15) is 24.0 Å². The van der Waals surface area contributed by atoms with Crippen LogP contribution in [0.25, 0.3) is 0 Å². The lowest BCUT2D eigenvalue weighted by Gasteiger charge is -2.44. The number of nitrogens with zero attached hydrogens (tertiary/aromatic N) is 1. The Balaban J connectivity index is 2.10. The van der Waals surface area contributed by atoms with Crippen LogP contribution in [-0.2, 0) is 35.1 Å². The van der Waals surface area contributed by atoms with Crippen LogP contribution >= 0.6 is 0 Å². The van der Waals surface area contributed by atoms with Gasteiger partial charge in [0.25, 0.3) is 0 Å². The van der Waals surface area contributed by atoms with Gasteiger partial charge in [-0.15, -0.1) is 0 Å². The Hall–Kier alpha value is -4.41. The minimum Gasteiger partial charge on any atom is -0.458 e. The van der Waals surface area contributed by atoms with Crippen LogP contribution in [0.4, 0.5) is 4.79 Å². The van der Waals surface area contributed by atoms with Crippen molar-refractivity contribution in [2.45, 2.75) is 129 Å². The maximum absolute atomic E-state index is 14.6. The van der Waals surface area contributed by atoms with E-state index < -0.39 is 59.1 Å². The van der Waals surface area contributed by atoms with E-state index in [0.29, 0.717) is 18.4 Å². The first kappa shape index (κ1) is 38.0. The average Bonchev–Trinajstić information content (AvgIpc) is 2.91. The summed E-state index contributed by atoms with van der Waals surface area (Å²) >= 11 is 0. The number of carbonyl (C=O) groups excluding carboxylic acids is 5. The van der Waals surface area contributed by atoms with Gasteiger partial charge in [0, 0.05) is 18.9 Å². The molecule has 0 aliphatic heterocycles. The summed E-state index contributed by atoms with van der Waals surface area (Å²) in [7, 11) is 0. The zero-order valence-electron chi connectivity index (χ0n) is 29.6. The first-order valence-corrected chi connectivity index (χ1v) is 16.6. The van der Waals surface area contributed by atoms with E-state index >= 15 is 0 Å². The van der Waals surface area contributed by atoms with Gasteiger partial charge in [-0.05, 0) is 92.2 Å². The van der Waals surface area contributed by atoms with Gasteiger partial charge in [-0.1, -0.05) is 59.7 Å². The number of amides is 4. The number of carbonyl (C=O) groups is 5. The molecule has 0 spiro atoms. The van der Waals surface area contributed by atoms with Gasteiger partial charge in [0.15, 0.2) is 0 Å². The average molecular weight is 665 g/mol. The van der Waals surface area contributed by atoms with E-state index in [1.165, 1.54) is 4.90 Å². The van der Waals surface area contributed by atoms with Crippen molar-refractivity contribution in [3.8, 4) is 0 Å². The number of ether oxygens (including phenoxy) is 2. The molecule has 4 amide bonds. The highest BCUT2D eigenvalue weighted by Gasteiger charge is 2.43. The number of nitrogens with two attached hydrogens (primary N) is 1. The molecule has 2 aromatic carbocycles. The quantitative estimate of drug-likeness (QED) is 0.256. The fourth-order valence-corrected chi connectivity index (χ4v) is 5.63. The molecule has 48 heavy (non-hydrogen) atoms. The van der Waals surface area contributed by atoms with E-state index in [2.05, 4.69) is 10.6 Å². The zero-order valence-corrected chi connectivity index (χ0v) is 29.6. The van der Waals surface area contributed by atoms with Crippen molar-refractivity contribution in [2.75, 3.05) is 0 Å². The Morgan fingerprint density at radius 3 is 1.94 bits per heavy atom. The van der Waals surface area contributed by atoms with Gasteiger partial charge < -0.3 is 30.7 Å². The number of nitrogens with one attached hydrogen (secondary N) is 2. The van der Waals surface area contributed by atoms with Gasteiger partial charge >= 0.3 is 12.1 Å². The van der Waals surface area contributed by atoms with Gasteiger partial charge in [0.05, 0.1) is 0 Å². The number of alkyl carbamates (subject to hydrolysis) is 1. The lowest BCUT2D eigenvalue weighted by molar-refractivity contribution is -0.159. The molecule has 1 aliphatic rings. The van der Waals surface area contributed by atoms with Crippen LogP contribution < -0.4 is 16.4 Å². The highest BCUT2D eigenvalue weighted by molar-refractivity contribution is 5.94. The number of primary amides is 1. The van der Waals surface area contributed by atoms with Crippen molar-refractivity contribution in [1.29, 1.82) is 0 Å². The standard InChI is InChI=1S/C37H52N4O7/c1-23-19-24(2)21-26(20-23)31(32(43)39-29(34(45)47-36(3,4)5)22-25-13-10-9-11-14-25)41(27-15-12-16-27)33(44)28(17-18-30(38)42)40-35(46)48-37(6,7)8/h9-11,13-14,19-21,27-29,31H,12,15-18,22H2,1-8H3,(H2,38,42)(H,39,43)(H,40,46). The van der Waals surface area contributed by atoms with Crippen LogP contribution in [-0.4, -0.2) is 64.0 Å². The summed E-state index contributed by atoms with van der Waals surface area (Å²) in [6.45, 7) is 14.2. The number of aryl methyl sites for hydroxylation is 2. The van der Waals surface area contributed by atoms with Crippen molar-refractivity contribution in [3.05, 3.63) is 70.8 Å². The smallest absolute Gasteiger partial charge is 0.408 e. The molecule has 0 aromatic heterocycles. The molecular formula is C37H52N4O7. The molecule has 3 unspecified atom stereocenters. The van der Waals surface area contributed by atoms with Crippen LogP contribution in [0.3, 0.4) is 0 Å². The van der Waals surface area contributed by atoms with Crippen LogP contribution in [0, 0.1) is 13.8 Å². The Bertz CT molecular complexity index is 1440. The number of benzene rings is 2. The Kier molecular flexibility index (Phi) is 12.8. The van der Waals surface area contributed by atoms with E-state index in [1.54, 1.807) is 41.5 Å². The van der Waals surface area contributed by atoms with Crippen molar-refractivity contribution in [1.82, 2.24) is 15.5 Å². The lowest BCUT2D eigenvalue weighted by Crippen LogP contribution is -2.58. The molecule has 0 heterocycles. The van der Waals surface area contributed by atoms with Gasteiger partial charge in [-0.2, -0.15) is 0 Å². The zero-order chi connectivity index (χ0) is 35.8. The summed E-state index contributed by atoms with van der Waals surface area (Å²) < 4.78 is 11.2. The van der Waals surface area contributed by atoms with Gasteiger partial charge in [-0.25, -0.2) is 9.59 Å². The summed E-state index contributed by atoms with van der Waals surface area (Å²) in [4.78, 5) is 69.0. The van der Waals surface area contributed by atoms with E-state index in [0.717, 1.165) is 23.1 Å². The summed E-state index contributed by atoms with van der Waals surface area (Å²) in [6.07, 6.45) is 1.17. The van der Waals surface area contributed by atoms with Crippen molar-refractivity contribution in [3.63, 3.8) is 0 Å². The molecule has 262 valence electrons.